The zero-order chi connectivity index (χ0) is 13.8. The Kier molecular flexibility index (Phi) is 4.50. The maximum Gasteiger partial charge on any atom is 0.340 e. The molecule has 0 radical (unpaired) electrons. The number of ether oxygens (including phenoxy) is 1. The molecule has 2 rings (SSSR count). The van der Waals surface area contributed by atoms with Crippen molar-refractivity contribution in [1.82, 2.24) is 9.97 Å². The highest BCUT2D eigenvalue weighted by Crippen LogP contribution is 2.26. The third kappa shape index (κ3) is 3.52. The molecule has 0 unspecified atom stereocenters. The van der Waals surface area contributed by atoms with Crippen LogP contribution in [0.3, 0.4) is 0 Å². The summed E-state index contributed by atoms with van der Waals surface area (Å²) in [5.41, 5.74) is 1.71. The monoisotopic (exact) mass is 340 g/mol. The van der Waals surface area contributed by atoms with Gasteiger partial charge >= 0.3 is 5.97 Å². The molecule has 2 aromatic rings. The van der Waals surface area contributed by atoms with Crippen LogP contribution in [0.2, 0.25) is 5.02 Å². The SMILES string of the molecule is Cc1cnc(COC(=O)c2cccc(Br)c2Cl)cn1. The first-order valence-electron chi connectivity index (χ1n) is 5.46. The molecular weight excluding hydrogens is 332 g/mol. The van der Waals surface area contributed by atoms with Gasteiger partial charge in [-0.1, -0.05) is 17.7 Å². The standard InChI is InChI=1S/C13H10BrClN2O2/c1-8-5-17-9(6-16-8)7-19-13(18)10-3-2-4-11(14)12(10)15/h2-6H,7H2,1H3. The van der Waals surface area contributed by atoms with Crippen molar-refractivity contribution < 1.29 is 9.53 Å². The van der Waals surface area contributed by atoms with Crippen molar-refractivity contribution in [3.05, 3.63) is 57.0 Å². The van der Waals surface area contributed by atoms with Crippen molar-refractivity contribution in [2.24, 2.45) is 0 Å². The predicted molar refractivity (Wildman–Crippen MR) is 75.0 cm³/mol. The van der Waals surface area contributed by atoms with Gasteiger partial charge in [0.15, 0.2) is 0 Å². The van der Waals surface area contributed by atoms with E-state index in [1.54, 1.807) is 30.6 Å². The van der Waals surface area contributed by atoms with Crippen LogP contribution in [0, 0.1) is 6.92 Å². The van der Waals surface area contributed by atoms with Crippen LogP contribution in [0.1, 0.15) is 21.7 Å². The molecule has 0 aliphatic rings. The van der Waals surface area contributed by atoms with E-state index in [1.165, 1.54) is 0 Å². The Morgan fingerprint density at radius 1 is 1.37 bits per heavy atom. The lowest BCUT2D eigenvalue weighted by molar-refractivity contribution is 0.0467. The van der Waals surface area contributed by atoms with Gasteiger partial charge < -0.3 is 4.74 Å². The van der Waals surface area contributed by atoms with Crippen LogP contribution >= 0.6 is 27.5 Å². The molecule has 0 aliphatic carbocycles. The number of carbonyl (C=O) groups is 1. The zero-order valence-corrected chi connectivity index (χ0v) is 12.4. The molecule has 6 heteroatoms. The van der Waals surface area contributed by atoms with Gasteiger partial charge in [0.2, 0.25) is 0 Å². The molecule has 1 aromatic heterocycles. The van der Waals surface area contributed by atoms with E-state index in [-0.39, 0.29) is 6.61 Å². The molecule has 0 atom stereocenters. The summed E-state index contributed by atoms with van der Waals surface area (Å²) in [7, 11) is 0. The third-order valence-corrected chi connectivity index (χ3v) is 3.65. The first-order valence-corrected chi connectivity index (χ1v) is 6.63. The molecule has 0 bridgehead atoms. The van der Waals surface area contributed by atoms with Crippen LogP contribution in [-0.4, -0.2) is 15.9 Å². The molecule has 1 heterocycles. The predicted octanol–water partition coefficient (Wildman–Crippen LogP) is 3.56. The molecule has 19 heavy (non-hydrogen) atoms. The fourth-order valence-electron chi connectivity index (χ4n) is 1.37. The van der Waals surface area contributed by atoms with Gasteiger partial charge in [-0.05, 0) is 35.0 Å². The summed E-state index contributed by atoms with van der Waals surface area (Å²) in [6, 6.07) is 5.08. The molecule has 0 fully saturated rings. The lowest BCUT2D eigenvalue weighted by Crippen LogP contribution is -2.07. The van der Waals surface area contributed by atoms with Gasteiger partial charge in [0.1, 0.15) is 6.61 Å². The van der Waals surface area contributed by atoms with Crippen molar-refractivity contribution in [2.45, 2.75) is 13.5 Å². The number of hydrogen-bond acceptors (Lipinski definition) is 4. The van der Waals surface area contributed by atoms with E-state index in [0.29, 0.717) is 20.8 Å². The van der Waals surface area contributed by atoms with Crippen molar-refractivity contribution >= 4 is 33.5 Å². The lowest BCUT2D eigenvalue weighted by atomic mass is 10.2. The molecule has 0 N–H and O–H groups in total. The molecule has 98 valence electrons. The Hall–Kier alpha value is -1.46. The van der Waals surface area contributed by atoms with Crippen molar-refractivity contribution in [3.8, 4) is 0 Å². The van der Waals surface area contributed by atoms with Crippen LogP contribution in [0.4, 0.5) is 0 Å². The second-order valence-corrected chi connectivity index (χ2v) is 5.06. The van der Waals surface area contributed by atoms with Crippen molar-refractivity contribution in [2.75, 3.05) is 0 Å². The summed E-state index contributed by atoms with van der Waals surface area (Å²) in [4.78, 5) is 20.1. The first kappa shape index (κ1) is 14.0. The Balaban J connectivity index is 2.05. The molecule has 0 spiro atoms. The minimum atomic E-state index is -0.492. The summed E-state index contributed by atoms with van der Waals surface area (Å²) >= 11 is 9.27. The minimum Gasteiger partial charge on any atom is -0.455 e. The largest absolute Gasteiger partial charge is 0.455 e. The molecular formula is C13H10BrClN2O2. The highest BCUT2D eigenvalue weighted by molar-refractivity contribution is 9.10. The van der Waals surface area contributed by atoms with Crippen LogP contribution in [0.5, 0.6) is 0 Å². The number of nitrogens with zero attached hydrogens (tertiary/aromatic N) is 2. The second kappa shape index (κ2) is 6.12. The average Bonchev–Trinajstić information content (AvgIpc) is 2.41. The van der Waals surface area contributed by atoms with Gasteiger partial charge in [-0.25, -0.2) is 4.79 Å². The fourth-order valence-corrected chi connectivity index (χ4v) is 1.94. The number of rotatable bonds is 3. The fraction of sp³-hybridized carbons (Fsp3) is 0.154. The maximum atomic E-state index is 11.9. The molecule has 1 aromatic carbocycles. The van der Waals surface area contributed by atoms with Gasteiger partial charge in [0, 0.05) is 10.7 Å². The van der Waals surface area contributed by atoms with Crippen LogP contribution < -0.4 is 0 Å². The third-order valence-electron chi connectivity index (χ3n) is 2.36. The number of aromatic nitrogens is 2. The summed E-state index contributed by atoms with van der Waals surface area (Å²) in [5.74, 6) is -0.492. The average molecular weight is 342 g/mol. The van der Waals surface area contributed by atoms with E-state index in [1.807, 2.05) is 6.92 Å². The molecule has 0 aliphatic heterocycles. The number of carbonyl (C=O) groups excluding carboxylic acids is 1. The van der Waals surface area contributed by atoms with E-state index in [2.05, 4.69) is 25.9 Å². The summed E-state index contributed by atoms with van der Waals surface area (Å²) in [6.45, 7) is 1.90. The van der Waals surface area contributed by atoms with E-state index < -0.39 is 5.97 Å². The number of esters is 1. The first-order chi connectivity index (χ1) is 9.08. The summed E-state index contributed by atoms with van der Waals surface area (Å²) < 4.78 is 5.79. The number of halogens is 2. The Morgan fingerprint density at radius 3 is 2.84 bits per heavy atom. The topological polar surface area (TPSA) is 52.1 Å². The van der Waals surface area contributed by atoms with Crippen LogP contribution in [-0.2, 0) is 11.3 Å². The Bertz CT molecular complexity index is 602. The number of hydrogen-bond donors (Lipinski definition) is 0. The summed E-state index contributed by atoms with van der Waals surface area (Å²) in [5, 5.41) is 0.336. The molecule has 0 saturated carbocycles. The summed E-state index contributed by atoms with van der Waals surface area (Å²) in [6.07, 6.45) is 3.19. The van der Waals surface area contributed by atoms with Gasteiger partial charge in [-0.15, -0.1) is 0 Å². The number of benzene rings is 1. The van der Waals surface area contributed by atoms with E-state index in [0.717, 1.165) is 5.69 Å². The minimum absolute atomic E-state index is 0.0644. The van der Waals surface area contributed by atoms with E-state index in [9.17, 15) is 4.79 Å². The second-order valence-electron chi connectivity index (χ2n) is 3.83. The van der Waals surface area contributed by atoms with E-state index >= 15 is 0 Å². The normalized spacial score (nSPS) is 10.3. The molecule has 0 saturated heterocycles. The quantitative estimate of drug-likeness (QED) is 0.801. The molecule has 0 amide bonds. The van der Waals surface area contributed by atoms with Crippen LogP contribution in [0.25, 0.3) is 0 Å². The van der Waals surface area contributed by atoms with Gasteiger partial charge in [-0.2, -0.15) is 0 Å². The zero-order valence-electron chi connectivity index (χ0n) is 10.1. The Labute approximate surface area is 123 Å². The van der Waals surface area contributed by atoms with E-state index in [4.69, 9.17) is 16.3 Å². The van der Waals surface area contributed by atoms with Gasteiger partial charge in [-0.3, -0.25) is 9.97 Å². The smallest absolute Gasteiger partial charge is 0.340 e. The molecule has 4 nitrogen and oxygen atoms in total. The van der Waals surface area contributed by atoms with Gasteiger partial charge in [0.25, 0.3) is 0 Å². The maximum absolute atomic E-state index is 11.9. The number of aryl methyl sites for hydroxylation is 1. The Morgan fingerprint density at radius 2 is 2.16 bits per heavy atom. The highest BCUT2D eigenvalue weighted by atomic mass is 79.9. The van der Waals surface area contributed by atoms with Gasteiger partial charge in [0.05, 0.1) is 28.2 Å². The highest BCUT2D eigenvalue weighted by Gasteiger charge is 2.14. The van der Waals surface area contributed by atoms with Crippen LogP contribution in [0.15, 0.2) is 35.1 Å². The van der Waals surface area contributed by atoms with Crippen molar-refractivity contribution in [1.29, 1.82) is 0 Å². The van der Waals surface area contributed by atoms with Crippen molar-refractivity contribution in [3.63, 3.8) is 0 Å². The lowest BCUT2D eigenvalue weighted by Gasteiger charge is -2.06.